The average molecular weight is 235 g/mol. The lowest BCUT2D eigenvalue weighted by molar-refractivity contribution is -0.1000. The molecule has 17 heavy (non-hydrogen) atoms. The molecule has 0 aliphatic heterocycles. The lowest BCUT2D eigenvalue weighted by Crippen LogP contribution is -2.40. The Morgan fingerprint density at radius 1 is 1.24 bits per heavy atom. The fourth-order valence-corrected chi connectivity index (χ4v) is 2.40. The van der Waals surface area contributed by atoms with Gasteiger partial charge in [-0.2, -0.15) is 0 Å². The summed E-state index contributed by atoms with van der Waals surface area (Å²) in [5, 5.41) is 3.51. The Balaban J connectivity index is 1.86. The van der Waals surface area contributed by atoms with Crippen molar-refractivity contribution in [3.63, 3.8) is 0 Å². The van der Waals surface area contributed by atoms with Crippen molar-refractivity contribution < 1.29 is 9.47 Å². The summed E-state index contributed by atoms with van der Waals surface area (Å²) in [6, 6.07) is 9.25. The van der Waals surface area contributed by atoms with E-state index in [1.807, 2.05) is 0 Å². The Bertz CT molecular complexity index is 350. The second-order valence-electron chi connectivity index (χ2n) is 4.52. The summed E-state index contributed by atoms with van der Waals surface area (Å²) >= 11 is 0. The summed E-state index contributed by atoms with van der Waals surface area (Å²) in [5.74, 6) is 0. The molecule has 1 aromatic carbocycles. The maximum atomic E-state index is 5.18. The molecular weight excluding hydrogens is 214 g/mol. The number of rotatable bonds is 5. The molecule has 0 aromatic heterocycles. The van der Waals surface area contributed by atoms with Crippen LogP contribution in [-0.2, 0) is 22.3 Å². The molecule has 0 heterocycles. The number of benzene rings is 1. The molecule has 0 amide bonds. The fraction of sp³-hybridized carbons (Fsp3) is 0.571. The summed E-state index contributed by atoms with van der Waals surface area (Å²) < 4.78 is 10.4. The topological polar surface area (TPSA) is 30.5 Å². The van der Waals surface area contributed by atoms with Crippen LogP contribution in [0.25, 0.3) is 0 Å². The molecule has 0 fully saturated rings. The summed E-state index contributed by atoms with van der Waals surface area (Å²) in [7, 11) is 3.35. The highest BCUT2D eigenvalue weighted by Gasteiger charge is 2.18. The van der Waals surface area contributed by atoms with Crippen LogP contribution in [0.15, 0.2) is 24.3 Å². The number of hydrogen-bond acceptors (Lipinski definition) is 3. The third-order valence-corrected chi connectivity index (χ3v) is 3.45. The van der Waals surface area contributed by atoms with Crippen molar-refractivity contribution in [1.82, 2.24) is 5.32 Å². The fourth-order valence-electron chi connectivity index (χ4n) is 2.40. The Morgan fingerprint density at radius 2 is 1.94 bits per heavy atom. The van der Waals surface area contributed by atoms with E-state index in [1.54, 1.807) is 14.2 Å². The lowest BCUT2D eigenvalue weighted by atomic mass is 9.88. The van der Waals surface area contributed by atoms with Gasteiger partial charge in [-0.3, -0.25) is 0 Å². The molecule has 0 saturated heterocycles. The van der Waals surface area contributed by atoms with E-state index in [9.17, 15) is 0 Å². The number of hydrogen-bond donors (Lipinski definition) is 1. The first-order chi connectivity index (χ1) is 8.33. The molecule has 1 N–H and O–H groups in total. The largest absolute Gasteiger partial charge is 0.355 e. The van der Waals surface area contributed by atoms with Gasteiger partial charge in [0.25, 0.3) is 0 Å². The van der Waals surface area contributed by atoms with Gasteiger partial charge >= 0.3 is 0 Å². The second kappa shape index (κ2) is 6.15. The first-order valence-corrected chi connectivity index (χ1v) is 6.19. The number of ether oxygens (including phenoxy) is 2. The number of methoxy groups -OCH3 is 2. The van der Waals surface area contributed by atoms with Gasteiger partial charge in [-0.15, -0.1) is 0 Å². The van der Waals surface area contributed by atoms with Crippen molar-refractivity contribution in [1.29, 1.82) is 0 Å². The van der Waals surface area contributed by atoms with E-state index in [0.29, 0.717) is 6.04 Å². The quantitative estimate of drug-likeness (QED) is 0.789. The third kappa shape index (κ3) is 3.28. The van der Waals surface area contributed by atoms with Crippen molar-refractivity contribution >= 4 is 0 Å². The Morgan fingerprint density at radius 3 is 2.65 bits per heavy atom. The number of fused-ring (bicyclic) bond motifs is 1. The van der Waals surface area contributed by atoms with Gasteiger partial charge in [-0.25, -0.2) is 0 Å². The highest BCUT2D eigenvalue weighted by atomic mass is 16.7. The van der Waals surface area contributed by atoms with Crippen LogP contribution in [-0.4, -0.2) is 33.1 Å². The molecule has 1 aliphatic rings. The minimum Gasteiger partial charge on any atom is -0.355 e. The van der Waals surface area contributed by atoms with Gasteiger partial charge in [0.2, 0.25) is 0 Å². The molecule has 1 unspecified atom stereocenters. The zero-order chi connectivity index (χ0) is 12.1. The summed E-state index contributed by atoms with van der Waals surface area (Å²) in [4.78, 5) is 0. The molecule has 1 aromatic rings. The first-order valence-electron chi connectivity index (χ1n) is 6.19. The molecule has 0 radical (unpaired) electrons. The molecule has 0 spiro atoms. The molecule has 2 rings (SSSR count). The standard InChI is InChI=1S/C14H21NO2/c1-16-14(17-2)10-15-13-8-7-11-5-3-4-6-12(11)9-13/h3-6,13-15H,7-10H2,1-2H3. The van der Waals surface area contributed by atoms with Crippen molar-refractivity contribution in [3.8, 4) is 0 Å². The van der Waals surface area contributed by atoms with E-state index in [2.05, 4.69) is 29.6 Å². The van der Waals surface area contributed by atoms with E-state index in [4.69, 9.17) is 9.47 Å². The van der Waals surface area contributed by atoms with Gasteiger partial charge < -0.3 is 14.8 Å². The van der Waals surface area contributed by atoms with Crippen molar-refractivity contribution in [2.75, 3.05) is 20.8 Å². The maximum absolute atomic E-state index is 5.18. The maximum Gasteiger partial charge on any atom is 0.169 e. The van der Waals surface area contributed by atoms with Gasteiger partial charge in [0.1, 0.15) is 0 Å². The number of aryl methyl sites for hydroxylation is 1. The monoisotopic (exact) mass is 235 g/mol. The SMILES string of the molecule is COC(CNC1CCc2ccccc2C1)OC. The molecule has 94 valence electrons. The zero-order valence-electron chi connectivity index (χ0n) is 10.6. The van der Waals surface area contributed by atoms with Crippen LogP contribution in [0.3, 0.4) is 0 Å². The molecule has 1 aliphatic carbocycles. The minimum atomic E-state index is -0.146. The lowest BCUT2D eigenvalue weighted by Gasteiger charge is -2.27. The van der Waals surface area contributed by atoms with Crippen LogP contribution < -0.4 is 5.32 Å². The Labute approximate surface area is 103 Å². The highest BCUT2D eigenvalue weighted by Crippen LogP contribution is 2.20. The molecule has 0 saturated carbocycles. The summed E-state index contributed by atoms with van der Waals surface area (Å²) in [6.07, 6.45) is 3.32. The van der Waals surface area contributed by atoms with Crippen LogP contribution in [0.4, 0.5) is 0 Å². The Hall–Kier alpha value is -0.900. The van der Waals surface area contributed by atoms with E-state index < -0.39 is 0 Å². The second-order valence-corrected chi connectivity index (χ2v) is 4.52. The van der Waals surface area contributed by atoms with E-state index in [0.717, 1.165) is 13.0 Å². The molecule has 0 bridgehead atoms. The first kappa shape index (κ1) is 12.6. The van der Waals surface area contributed by atoms with Crippen molar-refractivity contribution in [3.05, 3.63) is 35.4 Å². The molecular formula is C14H21NO2. The van der Waals surface area contributed by atoms with Gasteiger partial charge in [0.05, 0.1) is 0 Å². The molecule has 1 atom stereocenters. The Kier molecular flexibility index (Phi) is 4.54. The number of nitrogens with one attached hydrogen (secondary N) is 1. The van der Waals surface area contributed by atoms with Crippen LogP contribution in [0, 0.1) is 0 Å². The zero-order valence-corrected chi connectivity index (χ0v) is 10.6. The van der Waals surface area contributed by atoms with Crippen LogP contribution in [0.2, 0.25) is 0 Å². The van der Waals surface area contributed by atoms with E-state index in [1.165, 1.54) is 24.0 Å². The summed E-state index contributed by atoms with van der Waals surface area (Å²) in [5.41, 5.74) is 2.98. The van der Waals surface area contributed by atoms with Crippen molar-refractivity contribution in [2.45, 2.75) is 31.6 Å². The highest BCUT2D eigenvalue weighted by molar-refractivity contribution is 5.30. The van der Waals surface area contributed by atoms with E-state index in [-0.39, 0.29) is 6.29 Å². The third-order valence-electron chi connectivity index (χ3n) is 3.45. The average Bonchev–Trinajstić information content (AvgIpc) is 2.40. The van der Waals surface area contributed by atoms with Crippen LogP contribution in [0.5, 0.6) is 0 Å². The molecule has 3 nitrogen and oxygen atoms in total. The van der Waals surface area contributed by atoms with Crippen LogP contribution in [0.1, 0.15) is 17.5 Å². The van der Waals surface area contributed by atoms with Gasteiger partial charge in [-0.1, -0.05) is 24.3 Å². The molecule has 3 heteroatoms. The van der Waals surface area contributed by atoms with Crippen LogP contribution >= 0.6 is 0 Å². The van der Waals surface area contributed by atoms with Crippen molar-refractivity contribution in [2.24, 2.45) is 0 Å². The normalized spacial score (nSPS) is 19.4. The smallest absolute Gasteiger partial charge is 0.169 e. The predicted octanol–water partition coefficient (Wildman–Crippen LogP) is 1.75. The van der Waals surface area contributed by atoms with Gasteiger partial charge in [-0.05, 0) is 30.4 Å². The summed E-state index contributed by atoms with van der Waals surface area (Å²) in [6.45, 7) is 0.750. The van der Waals surface area contributed by atoms with E-state index >= 15 is 0 Å². The minimum absolute atomic E-state index is 0.146. The van der Waals surface area contributed by atoms with Gasteiger partial charge in [0.15, 0.2) is 6.29 Å². The van der Waals surface area contributed by atoms with Gasteiger partial charge in [0, 0.05) is 26.8 Å². The predicted molar refractivity (Wildman–Crippen MR) is 68.1 cm³/mol.